The van der Waals surface area contributed by atoms with Crippen LogP contribution in [0.2, 0.25) is 19.6 Å². The van der Waals surface area contributed by atoms with Crippen molar-refractivity contribution >= 4 is 8.07 Å². The smallest absolute Gasteiger partial charge is 0.0726 e. The highest BCUT2D eigenvalue weighted by Crippen LogP contribution is 2.40. The van der Waals surface area contributed by atoms with Crippen molar-refractivity contribution in [3.8, 4) is 0 Å². The minimum absolute atomic E-state index is 0.0194. The van der Waals surface area contributed by atoms with Crippen LogP contribution in [0.15, 0.2) is 72.4 Å². The summed E-state index contributed by atoms with van der Waals surface area (Å²) in [7, 11) is -1.58. The van der Waals surface area contributed by atoms with Gasteiger partial charge in [-0.2, -0.15) is 0 Å². The molecule has 0 aromatic heterocycles. The first kappa shape index (κ1) is 18.7. The quantitative estimate of drug-likeness (QED) is 0.653. The highest BCUT2D eigenvalue weighted by atomic mass is 28.3. The molecule has 2 heteroatoms. The molecule has 0 saturated carbocycles. The molecule has 24 heavy (non-hydrogen) atoms. The zero-order valence-corrected chi connectivity index (χ0v) is 16.4. The summed E-state index contributed by atoms with van der Waals surface area (Å²) in [6.07, 6.45) is 1.59. The van der Waals surface area contributed by atoms with Gasteiger partial charge in [0.2, 0.25) is 0 Å². The molecule has 0 radical (unpaired) electrons. The third kappa shape index (κ3) is 4.68. The maximum Gasteiger partial charge on any atom is 0.0726 e. The standard InChI is InChI=1S/C22H30OSi/c1-18(24(3,4)5)21(20-14-10-7-11-15-20)22(2,23)17-16-19-12-8-6-9-13-19/h6-15,21,23H,1,16-17H2,2-5H3. The Hall–Kier alpha value is -1.64. The Labute approximate surface area is 148 Å². The van der Waals surface area contributed by atoms with E-state index in [4.69, 9.17) is 0 Å². The summed E-state index contributed by atoms with van der Waals surface area (Å²) in [5.74, 6) is -0.0194. The van der Waals surface area contributed by atoms with E-state index in [9.17, 15) is 5.11 Å². The molecule has 0 amide bonds. The van der Waals surface area contributed by atoms with E-state index in [-0.39, 0.29) is 5.92 Å². The van der Waals surface area contributed by atoms with Gasteiger partial charge in [-0.25, -0.2) is 0 Å². The summed E-state index contributed by atoms with van der Waals surface area (Å²) in [5.41, 5.74) is 1.63. The Morgan fingerprint density at radius 3 is 2.00 bits per heavy atom. The molecule has 0 aliphatic carbocycles. The second-order valence-electron chi connectivity index (χ2n) is 7.96. The van der Waals surface area contributed by atoms with Crippen LogP contribution in [0.5, 0.6) is 0 Å². The zero-order chi connectivity index (χ0) is 17.8. The molecule has 2 rings (SSSR count). The Morgan fingerprint density at radius 1 is 1.00 bits per heavy atom. The van der Waals surface area contributed by atoms with Gasteiger partial charge in [0.1, 0.15) is 0 Å². The second kappa shape index (κ2) is 7.50. The van der Waals surface area contributed by atoms with Crippen molar-refractivity contribution in [3.05, 3.63) is 83.6 Å². The fourth-order valence-electron chi connectivity index (χ4n) is 3.20. The molecular weight excluding hydrogens is 308 g/mol. The van der Waals surface area contributed by atoms with E-state index in [2.05, 4.69) is 62.6 Å². The van der Waals surface area contributed by atoms with E-state index in [1.807, 2.05) is 31.2 Å². The maximum absolute atomic E-state index is 11.4. The van der Waals surface area contributed by atoms with E-state index in [1.165, 1.54) is 16.3 Å². The number of aliphatic hydroxyl groups is 1. The number of hydrogen-bond donors (Lipinski definition) is 1. The zero-order valence-electron chi connectivity index (χ0n) is 15.4. The predicted octanol–water partition coefficient (Wildman–Crippen LogP) is 5.59. The van der Waals surface area contributed by atoms with Crippen LogP contribution in [0.3, 0.4) is 0 Å². The minimum atomic E-state index is -1.58. The van der Waals surface area contributed by atoms with Crippen molar-refractivity contribution in [3.63, 3.8) is 0 Å². The number of rotatable bonds is 7. The average molecular weight is 339 g/mol. The Balaban J connectivity index is 2.29. The molecule has 1 N–H and O–H groups in total. The van der Waals surface area contributed by atoms with Crippen LogP contribution in [0.25, 0.3) is 0 Å². The largest absolute Gasteiger partial charge is 0.389 e. The van der Waals surface area contributed by atoms with Crippen LogP contribution in [0.4, 0.5) is 0 Å². The van der Waals surface area contributed by atoms with E-state index in [0.29, 0.717) is 0 Å². The number of hydrogen-bond acceptors (Lipinski definition) is 1. The van der Waals surface area contributed by atoms with Crippen LogP contribution in [-0.4, -0.2) is 18.8 Å². The molecule has 2 aromatic rings. The average Bonchev–Trinajstić information content (AvgIpc) is 2.54. The lowest BCUT2D eigenvalue weighted by molar-refractivity contribution is 0.0349. The van der Waals surface area contributed by atoms with E-state index >= 15 is 0 Å². The molecule has 0 bridgehead atoms. The molecule has 0 saturated heterocycles. The Bertz CT molecular complexity index is 653. The topological polar surface area (TPSA) is 20.2 Å². The van der Waals surface area contributed by atoms with Crippen molar-refractivity contribution < 1.29 is 5.11 Å². The van der Waals surface area contributed by atoms with Crippen molar-refractivity contribution in [2.24, 2.45) is 0 Å². The maximum atomic E-state index is 11.4. The molecule has 0 fully saturated rings. The van der Waals surface area contributed by atoms with Crippen molar-refractivity contribution in [1.82, 2.24) is 0 Å². The molecule has 0 aliphatic heterocycles. The van der Waals surface area contributed by atoms with E-state index in [1.54, 1.807) is 0 Å². The molecule has 0 heterocycles. The summed E-state index contributed by atoms with van der Waals surface area (Å²) in [6, 6.07) is 20.7. The monoisotopic (exact) mass is 338 g/mol. The van der Waals surface area contributed by atoms with Crippen molar-refractivity contribution in [1.29, 1.82) is 0 Å². The van der Waals surface area contributed by atoms with Crippen molar-refractivity contribution in [2.75, 3.05) is 0 Å². The van der Waals surface area contributed by atoms with Gasteiger partial charge in [0.25, 0.3) is 0 Å². The number of aryl methyl sites for hydroxylation is 1. The third-order valence-corrected chi connectivity index (χ3v) is 7.04. The molecule has 2 unspecified atom stereocenters. The third-order valence-electron chi connectivity index (χ3n) is 4.83. The van der Waals surface area contributed by atoms with Crippen LogP contribution < -0.4 is 0 Å². The van der Waals surface area contributed by atoms with Gasteiger partial charge >= 0.3 is 0 Å². The van der Waals surface area contributed by atoms with E-state index in [0.717, 1.165) is 12.8 Å². The van der Waals surface area contributed by atoms with E-state index < -0.39 is 13.7 Å². The first-order valence-corrected chi connectivity index (χ1v) is 12.2. The first-order valence-electron chi connectivity index (χ1n) is 8.72. The Kier molecular flexibility index (Phi) is 5.84. The fraction of sp³-hybridized carbons (Fsp3) is 0.364. The SMILES string of the molecule is C=C(C(c1ccccc1)C(C)(O)CCc1ccccc1)[Si](C)(C)C. The van der Waals surface area contributed by atoms with Gasteiger partial charge in [-0.05, 0) is 30.9 Å². The highest BCUT2D eigenvalue weighted by molar-refractivity contribution is 6.83. The van der Waals surface area contributed by atoms with Crippen LogP contribution >= 0.6 is 0 Å². The molecule has 1 nitrogen and oxygen atoms in total. The van der Waals surface area contributed by atoms with Gasteiger partial charge in [0, 0.05) is 5.92 Å². The lowest BCUT2D eigenvalue weighted by Gasteiger charge is -2.39. The first-order chi connectivity index (χ1) is 11.2. The predicted molar refractivity (Wildman–Crippen MR) is 107 cm³/mol. The van der Waals surface area contributed by atoms with Crippen LogP contribution in [-0.2, 0) is 6.42 Å². The summed E-state index contributed by atoms with van der Waals surface area (Å²) < 4.78 is 0. The van der Waals surface area contributed by atoms with Crippen molar-refractivity contribution in [2.45, 2.75) is 50.9 Å². The van der Waals surface area contributed by atoms with Gasteiger partial charge in [-0.15, -0.1) is 6.58 Å². The lowest BCUT2D eigenvalue weighted by atomic mass is 9.79. The summed E-state index contributed by atoms with van der Waals surface area (Å²) in [6.45, 7) is 13.3. The van der Waals surface area contributed by atoms with Gasteiger partial charge in [-0.1, -0.05) is 85.5 Å². The van der Waals surface area contributed by atoms with Crippen LogP contribution in [0, 0.1) is 0 Å². The minimum Gasteiger partial charge on any atom is -0.389 e. The van der Waals surface area contributed by atoms with Gasteiger partial charge in [0.15, 0.2) is 0 Å². The Morgan fingerprint density at radius 2 is 1.50 bits per heavy atom. The summed E-state index contributed by atoms with van der Waals surface area (Å²) >= 11 is 0. The fourth-order valence-corrected chi connectivity index (χ4v) is 4.54. The summed E-state index contributed by atoms with van der Waals surface area (Å²) in [4.78, 5) is 0. The highest BCUT2D eigenvalue weighted by Gasteiger charge is 2.38. The molecule has 2 atom stereocenters. The normalized spacial score (nSPS) is 15.5. The van der Waals surface area contributed by atoms with Gasteiger partial charge < -0.3 is 5.11 Å². The van der Waals surface area contributed by atoms with Gasteiger partial charge in [-0.3, -0.25) is 0 Å². The molecule has 0 spiro atoms. The lowest BCUT2D eigenvalue weighted by Crippen LogP contribution is -2.40. The number of benzene rings is 2. The van der Waals surface area contributed by atoms with Crippen LogP contribution in [0.1, 0.15) is 30.4 Å². The molecule has 2 aromatic carbocycles. The molecule has 0 aliphatic rings. The second-order valence-corrected chi connectivity index (χ2v) is 13.1. The molecule has 128 valence electrons. The van der Waals surface area contributed by atoms with Gasteiger partial charge in [0.05, 0.1) is 13.7 Å². The summed E-state index contributed by atoms with van der Waals surface area (Å²) in [5, 5.41) is 12.6. The molecular formula is C22H30OSi.